The van der Waals surface area contributed by atoms with Crippen LogP contribution < -0.4 is 0 Å². The highest BCUT2D eigenvalue weighted by Crippen LogP contribution is 2.33. The van der Waals surface area contributed by atoms with E-state index < -0.39 is 0 Å². The third kappa shape index (κ3) is 0.777. The predicted octanol–water partition coefficient (Wildman–Crippen LogP) is -0.695. The lowest BCUT2D eigenvalue weighted by Gasteiger charge is -2.34. The molecule has 0 aromatic heterocycles. The Morgan fingerprint density at radius 2 is 2.08 bits per heavy atom. The molecule has 0 N–H and O–H groups in total. The monoisotopic (exact) mass is 168 g/mol. The first kappa shape index (κ1) is 7.58. The van der Waals surface area contributed by atoms with Gasteiger partial charge in [0.05, 0.1) is 5.92 Å². The van der Waals surface area contributed by atoms with E-state index in [0.29, 0.717) is 0 Å². The van der Waals surface area contributed by atoms with Crippen molar-refractivity contribution < 1.29 is 9.59 Å². The fourth-order valence-corrected chi connectivity index (χ4v) is 1.84. The van der Waals surface area contributed by atoms with Crippen molar-refractivity contribution in [3.63, 3.8) is 0 Å². The number of carbonyl (C=O) groups is 2. The van der Waals surface area contributed by atoms with Crippen LogP contribution in [0, 0.1) is 5.92 Å². The minimum atomic E-state index is -0.0845. The molecule has 2 unspecified atom stereocenters. The summed E-state index contributed by atoms with van der Waals surface area (Å²) in [6, 6.07) is -0.0845. The third-order valence-corrected chi connectivity index (χ3v) is 2.69. The zero-order chi connectivity index (χ0) is 8.88. The van der Waals surface area contributed by atoms with Crippen molar-refractivity contribution >= 4 is 11.8 Å². The Labute approximate surface area is 71.1 Å². The zero-order valence-corrected chi connectivity index (χ0v) is 7.28. The molecule has 2 amide bonds. The molecule has 2 atom stereocenters. The van der Waals surface area contributed by atoms with Crippen LogP contribution in [0.3, 0.4) is 0 Å². The maximum atomic E-state index is 11.2. The summed E-state index contributed by atoms with van der Waals surface area (Å²) in [6.45, 7) is 3.41. The Morgan fingerprint density at radius 3 is 2.42 bits per heavy atom. The van der Waals surface area contributed by atoms with Gasteiger partial charge in [0.25, 0.3) is 0 Å². The molecule has 2 aliphatic rings. The topological polar surface area (TPSA) is 40.4 Å². The first-order chi connectivity index (χ1) is 5.66. The highest BCUT2D eigenvalue weighted by Gasteiger charge is 2.56. The average molecular weight is 168 g/mol. The Hall–Kier alpha value is -1.06. The van der Waals surface area contributed by atoms with Crippen LogP contribution in [0.4, 0.5) is 0 Å². The Balaban J connectivity index is 1.97. The van der Waals surface area contributed by atoms with Gasteiger partial charge in [-0.1, -0.05) is 0 Å². The summed E-state index contributed by atoms with van der Waals surface area (Å²) in [6.07, 6.45) is 0. The second-order valence-corrected chi connectivity index (χ2v) is 3.39. The van der Waals surface area contributed by atoms with E-state index in [9.17, 15) is 9.59 Å². The standard InChI is InChI=1S/C8H12N2O2/c1-3-10-6(8(10)12)5-4-9(2)7(5)11/h5-6H,3-4H2,1-2H3. The van der Waals surface area contributed by atoms with Gasteiger partial charge in [-0.3, -0.25) is 9.59 Å². The molecular formula is C8H12N2O2. The van der Waals surface area contributed by atoms with Crippen LogP contribution in [0.5, 0.6) is 0 Å². The molecule has 2 saturated heterocycles. The number of carbonyl (C=O) groups excluding carboxylic acids is 2. The van der Waals surface area contributed by atoms with Crippen molar-refractivity contribution in [3.05, 3.63) is 0 Å². The summed E-state index contributed by atoms with van der Waals surface area (Å²) in [7, 11) is 1.77. The van der Waals surface area contributed by atoms with Crippen LogP contribution in [0.1, 0.15) is 6.92 Å². The first-order valence-corrected chi connectivity index (χ1v) is 4.22. The molecular weight excluding hydrogens is 156 g/mol. The SMILES string of the molecule is CCN1C(=O)C1C1CN(C)C1=O. The van der Waals surface area contributed by atoms with Crippen molar-refractivity contribution in [1.29, 1.82) is 0 Å². The molecule has 0 aromatic carbocycles. The third-order valence-electron chi connectivity index (χ3n) is 2.69. The second-order valence-electron chi connectivity index (χ2n) is 3.39. The number of amides is 2. The number of β-lactam (4-membered cyclic amide) rings is 1. The largest absolute Gasteiger partial charge is 0.344 e. The van der Waals surface area contributed by atoms with Crippen molar-refractivity contribution in [2.24, 2.45) is 5.92 Å². The van der Waals surface area contributed by atoms with Gasteiger partial charge in [0.2, 0.25) is 11.8 Å². The number of hydrogen-bond donors (Lipinski definition) is 0. The smallest absolute Gasteiger partial charge is 0.246 e. The fourth-order valence-electron chi connectivity index (χ4n) is 1.84. The van der Waals surface area contributed by atoms with Crippen LogP contribution in [0.25, 0.3) is 0 Å². The Morgan fingerprint density at radius 1 is 1.42 bits per heavy atom. The number of nitrogens with zero attached hydrogens (tertiary/aromatic N) is 2. The van der Waals surface area contributed by atoms with E-state index in [4.69, 9.17) is 0 Å². The molecule has 0 spiro atoms. The van der Waals surface area contributed by atoms with Gasteiger partial charge in [-0.25, -0.2) is 0 Å². The van der Waals surface area contributed by atoms with Crippen molar-refractivity contribution in [2.45, 2.75) is 13.0 Å². The molecule has 2 heterocycles. The van der Waals surface area contributed by atoms with Crippen LogP contribution in [0.2, 0.25) is 0 Å². The summed E-state index contributed by atoms with van der Waals surface area (Å²) in [5, 5.41) is 0. The molecule has 4 heteroatoms. The molecule has 0 radical (unpaired) electrons. The lowest BCUT2D eigenvalue weighted by atomic mass is 9.96. The predicted molar refractivity (Wildman–Crippen MR) is 42.3 cm³/mol. The number of rotatable bonds is 2. The zero-order valence-electron chi connectivity index (χ0n) is 7.28. The molecule has 0 saturated carbocycles. The van der Waals surface area contributed by atoms with Gasteiger partial charge < -0.3 is 9.80 Å². The lowest BCUT2D eigenvalue weighted by Crippen LogP contribution is -2.53. The summed E-state index contributed by atoms with van der Waals surface area (Å²) in [4.78, 5) is 25.7. The molecule has 0 aliphatic carbocycles. The summed E-state index contributed by atoms with van der Waals surface area (Å²) in [5.41, 5.74) is 0. The molecule has 0 bridgehead atoms. The molecule has 12 heavy (non-hydrogen) atoms. The van der Waals surface area contributed by atoms with E-state index in [2.05, 4.69) is 0 Å². The summed E-state index contributed by atoms with van der Waals surface area (Å²) < 4.78 is 0. The van der Waals surface area contributed by atoms with Crippen LogP contribution >= 0.6 is 0 Å². The number of likely N-dealkylation sites (tertiary alicyclic amines) is 1. The molecule has 2 aliphatic heterocycles. The Kier molecular flexibility index (Phi) is 1.40. The number of hydrogen-bond acceptors (Lipinski definition) is 2. The van der Waals surface area contributed by atoms with Gasteiger partial charge in [0.1, 0.15) is 6.04 Å². The van der Waals surface area contributed by atoms with E-state index in [1.54, 1.807) is 16.8 Å². The summed E-state index contributed by atoms with van der Waals surface area (Å²) >= 11 is 0. The van der Waals surface area contributed by atoms with Gasteiger partial charge in [-0.2, -0.15) is 0 Å². The van der Waals surface area contributed by atoms with Crippen LogP contribution in [-0.4, -0.2) is 47.8 Å². The van der Waals surface area contributed by atoms with E-state index in [1.807, 2.05) is 6.92 Å². The highest BCUT2D eigenvalue weighted by molar-refractivity contribution is 6.03. The average Bonchev–Trinajstić information content (AvgIpc) is 2.71. The molecule has 2 fully saturated rings. The van der Waals surface area contributed by atoms with Gasteiger partial charge in [-0.15, -0.1) is 0 Å². The molecule has 0 aromatic rings. The highest BCUT2D eigenvalue weighted by atomic mass is 16.2. The van der Waals surface area contributed by atoms with E-state index in [1.165, 1.54) is 0 Å². The van der Waals surface area contributed by atoms with Crippen molar-refractivity contribution in [1.82, 2.24) is 9.80 Å². The second kappa shape index (κ2) is 2.21. The molecule has 66 valence electrons. The fraction of sp³-hybridized carbons (Fsp3) is 0.750. The van der Waals surface area contributed by atoms with E-state index >= 15 is 0 Å². The lowest BCUT2D eigenvalue weighted by molar-refractivity contribution is -0.146. The molecule has 2 rings (SSSR count). The van der Waals surface area contributed by atoms with Gasteiger partial charge in [0.15, 0.2) is 0 Å². The molecule has 4 nitrogen and oxygen atoms in total. The minimum Gasteiger partial charge on any atom is -0.344 e. The van der Waals surface area contributed by atoms with E-state index in [0.717, 1.165) is 13.1 Å². The minimum absolute atomic E-state index is 0.0394. The quantitative estimate of drug-likeness (QED) is 0.404. The maximum absolute atomic E-state index is 11.2. The Bertz CT molecular complexity index is 251. The normalized spacial score (nSPS) is 33.8. The van der Waals surface area contributed by atoms with E-state index in [-0.39, 0.29) is 23.8 Å². The van der Waals surface area contributed by atoms with Crippen molar-refractivity contribution in [2.75, 3.05) is 20.1 Å². The van der Waals surface area contributed by atoms with Crippen LogP contribution in [-0.2, 0) is 9.59 Å². The van der Waals surface area contributed by atoms with Crippen LogP contribution in [0.15, 0.2) is 0 Å². The van der Waals surface area contributed by atoms with Gasteiger partial charge >= 0.3 is 0 Å². The number of likely N-dealkylation sites (N-methyl/N-ethyl adjacent to an activating group) is 1. The van der Waals surface area contributed by atoms with Crippen molar-refractivity contribution in [3.8, 4) is 0 Å². The maximum Gasteiger partial charge on any atom is 0.246 e. The summed E-state index contributed by atoms with van der Waals surface area (Å²) in [5.74, 6) is 0.218. The van der Waals surface area contributed by atoms with Gasteiger partial charge in [0, 0.05) is 20.1 Å². The van der Waals surface area contributed by atoms with Gasteiger partial charge in [-0.05, 0) is 6.92 Å². The first-order valence-electron chi connectivity index (χ1n) is 4.22.